The average molecular weight is 302 g/mol. The molecule has 4 nitrogen and oxygen atoms in total. The van der Waals surface area contributed by atoms with E-state index in [1.165, 1.54) is 34.6 Å². The number of anilines is 1. The molecule has 0 atom stereocenters. The van der Waals surface area contributed by atoms with Crippen LogP contribution in [-0.4, -0.2) is 12.5 Å². The molecule has 1 aromatic carbocycles. The van der Waals surface area contributed by atoms with Crippen molar-refractivity contribution in [1.82, 2.24) is 5.32 Å². The second kappa shape index (κ2) is 6.18. The van der Waals surface area contributed by atoms with Crippen LogP contribution in [0.3, 0.4) is 0 Å². The number of carbonyl (C=O) groups excluding carboxylic acids is 1. The maximum absolute atomic E-state index is 11.8. The fraction of sp³-hybridized carbons (Fsp3) is 0.312. The summed E-state index contributed by atoms with van der Waals surface area (Å²) in [7, 11) is 0. The summed E-state index contributed by atoms with van der Waals surface area (Å²) in [5.41, 5.74) is 7.74. The van der Waals surface area contributed by atoms with Gasteiger partial charge in [0.1, 0.15) is 5.75 Å². The van der Waals surface area contributed by atoms with Crippen LogP contribution < -0.4 is 15.8 Å². The number of aryl methyl sites for hydroxylation is 2. The molecule has 1 aliphatic rings. The maximum Gasteiger partial charge on any atom is 0.258 e. The molecular formula is C16H18N2O2S. The molecule has 110 valence electrons. The Balaban J connectivity index is 1.46. The summed E-state index contributed by atoms with van der Waals surface area (Å²) in [5.74, 6) is 0.492. The molecule has 2 aromatic rings. The van der Waals surface area contributed by atoms with Gasteiger partial charge in [-0.1, -0.05) is 6.07 Å². The SMILES string of the molecule is Nc1cccc(OCC(=O)NCc2cc3c(s2)CCC3)c1. The van der Waals surface area contributed by atoms with E-state index in [1.54, 1.807) is 24.3 Å². The molecule has 5 heteroatoms. The van der Waals surface area contributed by atoms with Crippen LogP contribution in [0.5, 0.6) is 5.75 Å². The summed E-state index contributed by atoms with van der Waals surface area (Å²) in [6.45, 7) is 0.589. The van der Waals surface area contributed by atoms with Gasteiger partial charge in [0.25, 0.3) is 5.91 Å². The number of nitrogens with one attached hydrogen (secondary N) is 1. The molecule has 3 N–H and O–H groups in total. The van der Waals surface area contributed by atoms with Gasteiger partial charge in [-0.15, -0.1) is 11.3 Å². The molecule has 1 amide bonds. The number of amides is 1. The van der Waals surface area contributed by atoms with Crippen molar-refractivity contribution in [1.29, 1.82) is 0 Å². The number of benzene rings is 1. The second-order valence-corrected chi connectivity index (χ2v) is 6.37. The van der Waals surface area contributed by atoms with E-state index in [-0.39, 0.29) is 12.5 Å². The van der Waals surface area contributed by atoms with Gasteiger partial charge < -0.3 is 15.8 Å². The number of hydrogen-bond acceptors (Lipinski definition) is 4. The van der Waals surface area contributed by atoms with E-state index in [9.17, 15) is 4.79 Å². The number of thiophene rings is 1. The Labute approximate surface area is 127 Å². The highest BCUT2D eigenvalue weighted by Gasteiger charge is 2.15. The highest BCUT2D eigenvalue weighted by atomic mass is 32.1. The van der Waals surface area contributed by atoms with E-state index in [0.717, 1.165) is 0 Å². The van der Waals surface area contributed by atoms with Gasteiger partial charge >= 0.3 is 0 Å². The van der Waals surface area contributed by atoms with E-state index < -0.39 is 0 Å². The van der Waals surface area contributed by atoms with Crippen LogP contribution in [0, 0.1) is 0 Å². The zero-order chi connectivity index (χ0) is 14.7. The average Bonchev–Trinajstić information content (AvgIpc) is 3.04. The van der Waals surface area contributed by atoms with Crippen LogP contribution >= 0.6 is 11.3 Å². The molecule has 1 aromatic heterocycles. The van der Waals surface area contributed by atoms with E-state index >= 15 is 0 Å². The molecule has 0 radical (unpaired) electrons. The van der Waals surface area contributed by atoms with Crippen LogP contribution in [0.25, 0.3) is 0 Å². The summed E-state index contributed by atoms with van der Waals surface area (Å²) in [6, 6.07) is 9.29. The number of fused-ring (bicyclic) bond motifs is 1. The van der Waals surface area contributed by atoms with E-state index in [1.807, 2.05) is 11.3 Å². The zero-order valence-corrected chi connectivity index (χ0v) is 12.5. The Bertz CT molecular complexity index is 630. The lowest BCUT2D eigenvalue weighted by Gasteiger charge is -2.07. The van der Waals surface area contributed by atoms with Crippen molar-refractivity contribution in [2.24, 2.45) is 0 Å². The standard InChI is InChI=1S/C16H18N2O2S/c17-12-4-2-5-13(8-12)20-10-16(19)18-9-14-7-11-3-1-6-15(11)21-14/h2,4-5,7-8H,1,3,6,9-10,17H2,(H,18,19). The lowest BCUT2D eigenvalue weighted by atomic mass is 10.2. The number of nitrogens with two attached hydrogens (primary N) is 1. The third-order valence-electron chi connectivity index (χ3n) is 3.49. The smallest absolute Gasteiger partial charge is 0.258 e. The number of hydrogen-bond donors (Lipinski definition) is 2. The van der Waals surface area contributed by atoms with Crippen LogP contribution in [0.1, 0.15) is 21.7 Å². The molecule has 0 saturated carbocycles. The minimum absolute atomic E-state index is 0.00848. The second-order valence-electron chi connectivity index (χ2n) is 5.15. The Morgan fingerprint density at radius 1 is 1.33 bits per heavy atom. The molecule has 0 spiro atoms. The molecule has 3 rings (SSSR count). The summed E-state index contributed by atoms with van der Waals surface area (Å²) in [6.07, 6.45) is 3.63. The first-order valence-electron chi connectivity index (χ1n) is 7.06. The van der Waals surface area contributed by atoms with Crippen LogP contribution in [0.2, 0.25) is 0 Å². The van der Waals surface area contributed by atoms with Gasteiger partial charge in [0.15, 0.2) is 6.61 Å². The highest BCUT2D eigenvalue weighted by molar-refractivity contribution is 7.12. The van der Waals surface area contributed by atoms with Gasteiger partial charge in [0.05, 0.1) is 6.54 Å². The number of nitrogen functional groups attached to an aromatic ring is 1. The molecule has 0 unspecified atom stereocenters. The third kappa shape index (κ3) is 3.55. The molecule has 0 aliphatic heterocycles. The first kappa shape index (κ1) is 13.9. The fourth-order valence-corrected chi connectivity index (χ4v) is 3.67. The van der Waals surface area contributed by atoms with E-state index in [0.29, 0.717) is 18.0 Å². The number of ether oxygens (including phenoxy) is 1. The topological polar surface area (TPSA) is 64.3 Å². The molecule has 1 aliphatic carbocycles. The Morgan fingerprint density at radius 3 is 3.05 bits per heavy atom. The first-order valence-corrected chi connectivity index (χ1v) is 7.88. The lowest BCUT2D eigenvalue weighted by molar-refractivity contribution is -0.123. The van der Waals surface area contributed by atoms with Crippen LogP contribution in [-0.2, 0) is 24.2 Å². The van der Waals surface area contributed by atoms with Gasteiger partial charge in [-0.05, 0) is 43.0 Å². The van der Waals surface area contributed by atoms with Crippen molar-refractivity contribution >= 4 is 22.9 Å². The number of rotatable bonds is 5. The fourth-order valence-electron chi connectivity index (χ4n) is 2.47. The van der Waals surface area contributed by atoms with Gasteiger partial charge in [-0.3, -0.25) is 4.79 Å². The van der Waals surface area contributed by atoms with Crippen molar-refractivity contribution < 1.29 is 9.53 Å². The van der Waals surface area contributed by atoms with Crippen molar-refractivity contribution in [3.8, 4) is 5.75 Å². The minimum Gasteiger partial charge on any atom is -0.484 e. The maximum atomic E-state index is 11.8. The molecule has 0 fully saturated rings. The zero-order valence-electron chi connectivity index (χ0n) is 11.7. The Morgan fingerprint density at radius 2 is 2.24 bits per heavy atom. The predicted molar refractivity (Wildman–Crippen MR) is 84.5 cm³/mol. The van der Waals surface area contributed by atoms with Gasteiger partial charge in [0.2, 0.25) is 0 Å². The third-order valence-corrected chi connectivity index (χ3v) is 4.72. The lowest BCUT2D eigenvalue weighted by Crippen LogP contribution is -2.28. The van der Waals surface area contributed by atoms with Crippen molar-refractivity contribution in [3.05, 3.63) is 45.6 Å². The quantitative estimate of drug-likeness (QED) is 0.834. The highest BCUT2D eigenvalue weighted by Crippen LogP contribution is 2.30. The summed E-state index contributed by atoms with van der Waals surface area (Å²) < 4.78 is 5.41. The van der Waals surface area contributed by atoms with Crippen molar-refractivity contribution in [2.75, 3.05) is 12.3 Å². The van der Waals surface area contributed by atoms with Crippen LogP contribution in [0.15, 0.2) is 30.3 Å². The van der Waals surface area contributed by atoms with Gasteiger partial charge in [-0.25, -0.2) is 0 Å². The van der Waals surface area contributed by atoms with Gasteiger partial charge in [0, 0.05) is 21.5 Å². The van der Waals surface area contributed by atoms with Crippen molar-refractivity contribution in [3.63, 3.8) is 0 Å². The molecule has 1 heterocycles. The Hall–Kier alpha value is -2.01. The largest absolute Gasteiger partial charge is 0.484 e. The van der Waals surface area contributed by atoms with Crippen LogP contribution in [0.4, 0.5) is 5.69 Å². The first-order chi connectivity index (χ1) is 10.2. The van der Waals surface area contributed by atoms with E-state index in [4.69, 9.17) is 10.5 Å². The van der Waals surface area contributed by atoms with Crippen molar-refractivity contribution in [2.45, 2.75) is 25.8 Å². The van der Waals surface area contributed by atoms with E-state index in [2.05, 4.69) is 11.4 Å². The number of carbonyl (C=O) groups is 1. The molecular weight excluding hydrogens is 284 g/mol. The Kier molecular flexibility index (Phi) is 4.10. The summed E-state index contributed by atoms with van der Waals surface area (Å²) in [4.78, 5) is 14.5. The predicted octanol–water partition coefficient (Wildman–Crippen LogP) is 2.51. The molecule has 21 heavy (non-hydrogen) atoms. The summed E-state index contributed by atoms with van der Waals surface area (Å²) >= 11 is 1.81. The summed E-state index contributed by atoms with van der Waals surface area (Å²) in [5, 5.41) is 2.89. The minimum atomic E-state index is -0.119. The van der Waals surface area contributed by atoms with Gasteiger partial charge in [-0.2, -0.15) is 0 Å². The normalized spacial score (nSPS) is 13.0. The molecule has 0 saturated heterocycles. The monoisotopic (exact) mass is 302 g/mol. The molecule has 0 bridgehead atoms.